The molecule has 0 saturated carbocycles. The van der Waals surface area contributed by atoms with Crippen LogP contribution in [0.3, 0.4) is 0 Å². The molecule has 1 fully saturated rings. The van der Waals surface area contributed by atoms with Crippen molar-refractivity contribution < 1.29 is 4.42 Å². The number of furan rings is 1. The molecule has 14 heavy (non-hydrogen) atoms. The minimum atomic E-state index is 0.222. The molecule has 0 aromatic carbocycles. The molecule has 78 valence electrons. The maximum atomic E-state index is 6.10. The van der Waals surface area contributed by atoms with Crippen LogP contribution in [0.25, 0.3) is 0 Å². The highest BCUT2D eigenvalue weighted by Crippen LogP contribution is 2.32. The van der Waals surface area contributed by atoms with Gasteiger partial charge in [-0.2, -0.15) is 0 Å². The van der Waals surface area contributed by atoms with Gasteiger partial charge in [0.25, 0.3) is 0 Å². The Kier molecular flexibility index (Phi) is 2.61. The molecule has 1 aliphatic rings. The summed E-state index contributed by atoms with van der Waals surface area (Å²) in [5, 5.41) is 0. The molecule has 0 bridgehead atoms. The lowest BCUT2D eigenvalue weighted by Crippen LogP contribution is -2.31. The van der Waals surface area contributed by atoms with Crippen molar-refractivity contribution in [1.29, 1.82) is 0 Å². The first-order valence-corrected chi connectivity index (χ1v) is 5.27. The van der Waals surface area contributed by atoms with Crippen LogP contribution in [-0.4, -0.2) is 24.0 Å². The van der Waals surface area contributed by atoms with Crippen molar-refractivity contribution >= 4 is 0 Å². The van der Waals surface area contributed by atoms with E-state index in [0.29, 0.717) is 0 Å². The number of nitrogens with two attached hydrogens (primary N) is 1. The van der Waals surface area contributed by atoms with Crippen LogP contribution in [-0.2, 0) is 0 Å². The summed E-state index contributed by atoms with van der Waals surface area (Å²) >= 11 is 0. The van der Waals surface area contributed by atoms with E-state index in [2.05, 4.69) is 18.7 Å². The predicted molar refractivity (Wildman–Crippen MR) is 56.0 cm³/mol. The number of hydrogen-bond donors (Lipinski definition) is 1. The minimum Gasteiger partial charge on any atom is -0.467 e. The zero-order chi connectivity index (χ0) is 10.1. The third-order valence-electron chi connectivity index (χ3n) is 3.13. The molecule has 2 rings (SSSR count). The van der Waals surface area contributed by atoms with Crippen LogP contribution in [0.5, 0.6) is 0 Å². The van der Waals surface area contributed by atoms with E-state index in [1.54, 1.807) is 6.26 Å². The first-order chi connectivity index (χ1) is 6.74. The monoisotopic (exact) mass is 194 g/mol. The summed E-state index contributed by atoms with van der Waals surface area (Å²) in [5.41, 5.74) is 7.32. The molecule has 1 aromatic rings. The van der Waals surface area contributed by atoms with Gasteiger partial charge in [0.2, 0.25) is 0 Å². The Hall–Kier alpha value is -0.800. The van der Waals surface area contributed by atoms with Crippen molar-refractivity contribution in [1.82, 2.24) is 4.90 Å². The summed E-state index contributed by atoms with van der Waals surface area (Å²) in [5.74, 6) is 1.05. The molecule has 0 amide bonds. The topological polar surface area (TPSA) is 42.4 Å². The summed E-state index contributed by atoms with van der Waals surface area (Å²) in [4.78, 5) is 2.39. The number of aryl methyl sites for hydroxylation is 1. The van der Waals surface area contributed by atoms with Crippen LogP contribution in [0, 0.1) is 6.92 Å². The van der Waals surface area contributed by atoms with Crippen LogP contribution in [0.15, 0.2) is 16.7 Å². The predicted octanol–water partition coefficient (Wildman–Crippen LogP) is 1.68. The summed E-state index contributed by atoms with van der Waals surface area (Å²) in [6.45, 7) is 6.38. The van der Waals surface area contributed by atoms with Gasteiger partial charge in [-0.3, -0.25) is 4.90 Å². The summed E-state index contributed by atoms with van der Waals surface area (Å²) in [6.07, 6.45) is 2.82. The van der Waals surface area contributed by atoms with E-state index in [9.17, 15) is 0 Å². The summed E-state index contributed by atoms with van der Waals surface area (Å²) in [6, 6.07) is 2.52. The standard InChI is InChI=1S/C11H18N2O/c1-3-13-6-4-9(12)10(13)11-8(2)5-7-14-11/h5,7,9-10H,3-4,6,12H2,1-2H3. The Morgan fingerprint density at radius 3 is 3.00 bits per heavy atom. The van der Waals surface area contributed by atoms with Gasteiger partial charge in [-0.25, -0.2) is 0 Å². The smallest absolute Gasteiger partial charge is 0.125 e. The van der Waals surface area contributed by atoms with Gasteiger partial charge in [-0.05, 0) is 31.5 Å². The highest BCUT2D eigenvalue weighted by molar-refractivity contribution is 5.21. The molecule has 3 heteroatoms. The molecule has 2 heterocycles. The van der Waals surface area contributed by atoms with Gasteiger partial charge in [-0.15, -0.1) is 0 Å². The Bertz CT molecular complexity index is 308. The molecule has 2 unspecified atom stereocenters. The fourth-order valence-corrected chi connectivity index (χ4v) is 2.29. The lowest BCUT2D eigenvalue weighted by Gasteiger charge is -2.24. The van der Waals surface area contributed by atoms with Crippen LogP contribution < -0.4 is 5.73 Å². The third kappa shape index (κ3) is 1.47. The van der Waals surface area contributed by atoms with Crippen LogP contribution >= 0.6 is 0 Å². The van der Waals surface area contributed by atoms with E-state index in [-0.39, 0.29) is 12.1 Å². The average molecular weight is 194 g/mol. The highest BCUT2D eigenvalue weighted by Gasteiger charge is 2.34. The zero-order valence-corrected chi connectivity index (χ0v) is 8.86. The van der Waals surface area contributed by atoms with Gasteiger partial charge in [0, 0.05) is 12.6 Å². The fourth-order valence-electron chi connectivity index (χ4n) is 2.29. The first kappa shape index (κ1) is 9.74. The Labute approximate surface area is 84.9 Å². The number of hydrogen-bond acceptors (Lipinski definition) is 3. The average Bonchev–Trinajstić information content (AvgIpc) is 2.72. The molecule has 0 radical (unpaired) electrons. The minimum absolute atomic E-state index is 0.222. The number of likely N-dealkylation sites (N-methyl/N-ethyl adjacent to an activating group) is 1. The van der Waals surface area contributed by atoms with Crippen molar-refractivity contribution in [2.45, 2.75) is 32.4 Å². The third-order valence-corrected chi connectivity index (χ3v) is 3.13. The molecule has 1 saturated heterocycles. The normalized spacial score (nSPS) is 28.5. The lowest BCUT2D eigenvalue weighted by molar-refractivity contribution is 0.228. The van der Waals surface area contributed by atoms with E-state index in [1.807, 2.05) is 6.07 Å². The van der Waals surface area contributed by atoms with Gasteiger partial charge >= 0.3 is 0 Å². The van der Waals surface area contributed by atoms with Crippen LogP contribution in [0.4, 0.5) is 0 Å². The fraction of sp³-hybridized carbons (Fsp3) is 0.636. The van der Waals surface area contributed by atoms with E-state index < -0.39 is 0 Å². The second-order valence-electron chi connectivity index (χ2n) is 3.99. The van der Waals surface area contributed by atoms with Crippen LogP contribution in [0.2, 0.25) is 0 Å². The second-order valence-corrected chi connectivity index (χ2v) is 3.99. The number of nitrogens with zero attached hydrogens (tertiary/aromatic N) is 1. The highest BCUT2D eigenvalue weighted by atomic mass is 16.3. The molecule has 0 spiro atoms. The van der Waals surface area contributed by atoms with E-state index in [1.165, 1.54) is 5.56 Å². The molecule has 3 nitrogen and oxygen atoms in total. The van der Waals surface area contributed by atoms with E-state index in [0.717, 1.165) is 25.3 Å². The molecule has 2 atom stereocenters. The van der Waals surface area contributed by atoms with Gasteiger partial charge in [0.05, 0.1) is 12.3 Å². The lowest BCUT2D eigenvalue weighted by atomic mass is 10.0. The van der Waals surface area contributed by atoms with Crippen molar-refractivity contribution in [2.75, 3.05) is 13.1 Å². The first-order valence-electron chi connectivity index (χ1n) is 5.27. The molecule has 0 aliphatic carbocycles. The van der Waals surface area contributed by atoms with Crippen molar-refractivity contribution in [2.24, 2.45) is 5.73 Å². The largest absolute Gasteiger partial charge is 0.467 e. The van der Waals surface area contributed by atoms with E-state index in [4.69, 9.17) is 10.2 Å². The SMILES string of the molecule is CCN1CCC(N)C1c1occc1C. The molecule has 1 aromatic heterocycles. The molecular weight excluding hydrogens is 176 g/mol. The Morgan fingerprint density at radius 1 is 1.64 bits per heavy atom. The quantitative estimate of drug-likeness (QED) is 0.779. The van der Waals surface area contributed by atoms with Crippen molar-refractivity contribution in [3.8, 4) is 0 Å². The van der Waals surface area contributed by atoms with Gasteiger partial charge in [0.15, 0.2) is 0 Å². The van der Waals surface area contributed by atoms with Gasteiger partial charge < -0.3 is 10.2 Å². The Morgan fingerprint density at radius 2 is 2.43 bits per heavy atom. The number of likely N-dealkylation sites (tertiary alicyclic amines) is 1. The van der Waals surface area contributed by atoms with Crippen molar-refractivity contribution in [3.05, 3.63) is 23.7 Å². The van der Waals surface area contributed by atoms with Gasteiger partial charge in [0.1, 0.15) is 5.76 Å². The maximum Gasteiger partial charge on any atom is 0.125 e. The van der Waals surface area contributed by atoms with Crippen molar-refractivity contribution in [3.63, 3.8) is 0 Å². The molecular formula is C11H18N2O. The maximum absolute atomic E-state index is 6.10. The molecule has 2 N–H and O–H groups in total. The van der Waals surface area contributed by atoms with Crippen LogP contribution in [0.1, 0.15) is 30.7 Å². The zero-order valence-electron chi connectivity index (χ0n) is 8.86. The summed E-state index contributed by atoms with van der Waals surface area (Å²) < 4.78 is 5.53. The second kappa shape index (κ2) is 3.75. The number of rotatable bonds is 2. The molecule has 1 aliphatic heterocycles. The summed E-state index contributed by atoms with van der Waals surface area (Å²) in [7, 11) is 0. The van der Waals surface area contributed by atoms with E-state index >= 15 is 0 Å². The Balaban J connectivity index is 2.27. The van der Waals surface area contributed by atoms with Gasteiger partial charge in [-0.1, -0.05) is 6.92 Å².